The van der Waals surface area contributed by atoms with E-state index in [0.29, 0.717) is 0 Å². The molecule has 0 aliphatic carbocycles. The average molecular weight is 135 g/mol. The Balaban J connectivity index is 2.25. The van der Waals surface area contributed by atoms with Crippen LogP contribution in [0.1, 0.15) is 6.42 Å². The topological polar surface area (TPSA) is 26.1 Å². The van der Waals surface area contributed by atoms with Gasteiger partial charge in [0.25, 0.3) is 0 Å². The maximum absolute atomic E-state index is 4.40. The molecule has 2 heterocycles. The molecular weight excluding hydrogens is 124 g/mol. The monoisotopic (exact) mass is 135 g/mol. The van der Waals surface area contributed by atoms with E-state index in [9.17, 15) is 0 Å². The van der Waals surface area contributed by atoms with Crippen molar-refractivity contribution in [2.24, 2.45) is 0 Å². The summed E-state index contributed by atoms with van der Waals surface area (Å²) in [7, 11) is 0. The molecule has 0 bridgehead atoms. The van der Waals surface area contributed by atoms with Gasteiger partial charge in [0.15, 0.2) is 0 Å². The van der Waals surface area contributed by atoms with Gasteiger partial charge in [-0.3, -0.25) is 5.32 Å². The fourth-order valence-electron chi connectivity index (χ4n) is 1.36. The van der Waals surface area contributed by atoms with Crippen LogP contribution >= 0.6 is 0 Å². The van der Waals surface area contributed by atoms with Crippen LogP contribution in [0.3, 0.4) is 0 Å². The minimum absolute atomic E-state index is 0.981. The van der Waals surface area contributed by atoms with Crippen molar-refractivity contribution < 1.29 is 0 Å². The first kappa shape index (κ1) is 5.98. The Bertz CT molecular complexity index is 169. The first-order valence-corrected chi connectivity index (χ1v) is 3.74. The normalized spacial score (nSPS) is 24.0. The minimum Gasteiger partial charge on any atom is -0.309 e. The minimum atomic E-state index is 0.981. The summed E-state index contributed by atoms with van der Waals surface area (Å²) in [6.07, 6.45) is 5.56. The van der Waals surface area contributed by atoms with Gasteiger partial charge in [0, 0.05) is 19.6 Å². The van der Waals surface area contributed by atoms with Gasteiger partial charge in [-0.05, 0) is 18.1 Å². The highest BCUT2D eigenvalue weighted by atomic mass is 14.9. The van der Waals surface area contributed by atoms with E-state index in [1.54, 1.807) is 0 Å². The molecule has 0 spiro atoms. The van der Waals surface area contributed by atoms with Crippen LogP contribution in [0.2, 0.25) is 0 Å². The molecule has 10 heavy (non-hydrogen) atoms. The van der Waals surface area contributed by atoms with E-state index in [-0.39, 0.29) is 0 Å². The Morgan fingerprint density at radius 3 is 3.30 bits per heavy atom. The molecule has 1 radical (unpaired) electrons. The zero-order valence-electron chi connectivity index (χ0n) is 5.93. The molecule has 0 unspecified atom stereocenters. The molecular formula is C8H11N2. The van der Waals surface area contributed by atoms with Crippen LogP contribution in [0.4, 0.5) is 0 Å². The van der Waals surface area contributed by atoms with Gasteiger partial charge in [-0.25, -0.2) is 0 Å². The molecule has 0 saturated carbocycles. The smallest absolute Gasteiger partial charge is 0.0589 e. The van der Waals surface area contributed by atoms with E-state index in [0.717, 1.165) is 26.1 Å². The van der Waals surface area contributed by atoms with Crippen LogP contribution in [0.15, 0.2) is 23.4 Å². The van der Waals surface area contributed by atoms with Crippen molar-refractivity contribution in [1.82, 2.24) is 10.6 Å². The SMILES string of the molecule is C1=C2CNCC=C2[N]CC1. The van der Waals surface area contributed by atoms with Gasteiger partial charge in [0.2, 0.25) is 0 Å². The number of nitrogens with one attached hydrogen (secondary N) is 1. The quantitative estimate of drug-likeness (QED) is 0.511. The molecule has 2 aliphatic rings. The van der Waals surface area contributed by atoms with Gasteiger partial charge in [0.05, 0.1) is 5.70 Å². The maximum Gasteiger partial charge on any atom is 0.0589 e. The average Bonchev–Trinajstić information content (AvgIpc) is 2.05. The lowest BCUT2D eigenvalue weighted by Gasteiger charge is -2.21. The van der Waals surface area contributed by atoms with E-state index in [4.69, 9.17) is 0 Å². The number of fused-ring (bicyclic) bond motifs is 1. The summed E-state index contributed by atoms with van der Waals surface area (Å²) in [4.78, 5) is 0. The number of rotatable bonds is 0. The Morgan fingerprint density at radius 1 is 1.40 bits per heavy atom. The highest BCUT2D eigenvalue weighted by Gasteiger charge is 2.12. The summed E-state index contributed by atoms with van der Waals surface area (Å²) in [5, 5.41) is 7.68. The zero-order valence-corrected chi connectivity index (χ0v) is 5.93. The summed E-state index contributed by atoms with van der Waals surface area (Å²) < 4.78 is 0. The summed E-state index contributed by atoms with van der Waals surface area (Å²) in [6.45, 7) is 2.97. The molecule has 53 valence electrons. The van der Waals surface area contributed by atoms with Crippen LogP contribution in [-0.4, -0.2) is 19.6 Å². The third-order valence-electron chi connectivity index (χ3n) is 1.89. The Hall–Kier alpha value is -0.760. The van der Waals surface area contributed by atoms with Crippen molar-refractivity contribution in [1.29, 1.82) is 0 Å². The van der Waals surface area contributed by atoms with Gasteiger partial charge >= 0.3 is 0 Å². The number of nitrogens with zero attached hydrogens (tertiary/aromatic N) is 1. The molecule has 0 aromatic heterocycles. The third-order valence-corrected chi connectivity index (χ3v) is 1.89. The highest BCUT2D eigenvalue weighted by molar-refractivity contribution is 5.35. The second-order valence-electron chi connectivity index (χ2n) is 2.62. The van der Waals surface area contributed by atoms with Gasteiger partial charge in [-0.1, -0.05) is 6.08 Å². The molecule has 2 aliphatic heterocycles. The molecule has 2 nitrogen and oxygen atoms in total. The van der Waals surface area contributed by atoms with E-state index in [1.165, 1.54) is 11.3 Å². The Morgan fingerprint density at radius 2 is 2.40 bits per heavy atom. The Labute approximate surface area is 61.0 Å². The van der Waals surface area contributed by atoms with E-state index in [1.807, 2.05) is 0 Å². The fourth-order valence-corrected chi connectivity index (χ4v) is 1.36. The lowest BCUT2D eigenvalue weighted by Crippen LogP contribution is -2.28. The number of hydrogen-bond acceptors (Lipinski definition) is 1. The van der Waals surface area contributed by atoms with Crippen LogP contribution in [0.25, 0.3) is 0 Å². The predicted molar refractivity (Wildman–Crippen MR) is 40.7 cm³/mol. The highest BCUT2D eigenvalue weighted by Crippen LogP contribution is 2.15. The fraction of sp³-hybridized carbons (Fsp3) is 0.500. The van der Waals surface area contributed by atoms with Crippen LogP contribution < -0.4 is 10.6 Å². The largest absolute Gasteiger partial charge is 0.309 e. The molecule has 0 saturated heterocycles. The standard InChI is InChI=1S/C8H11N2/c1-2-7-6-9-5-3-8(7)10-4-1/h2-3,9H,1,4-6H2. The van der Waals surface area contributed by atoms with Crippen molar-refractivity contribution in [2.45, 2.75) is 6.42 Å². The second-order valence-corrected chi connectivity index (χ2v) is 2.62. The third kappa shape index (κ3) is 0.948. The van der Waals surface area contributed by atoms with Crippen LogP contribution in [0.5, 0.6) is 0 Å². The summed E-state index contributed by atoms with van der Waals surface area (Å²) in [5.41, 5.74) is 2.61. The lowest BCUT2D eigenvalue weighted by atomic mass is 10.0. The summed E-state index contributed by atoms with van der Waals surface area (Å²) in [5.74, 6) is 0. The lowest BCUT2D eigenvalue weighted by molar-refractivity contribution is 0.688. The molecule has 0 aromatic rings. The van der Waals surface area contributed by atoms with Crippen molar-refractivity contribution in [3.05, 3.63) is 23.4 Å². The Kier molecular flexibility index (Phi) is 1.47. The van der Waals surface area contributed by atoms with Gasteiger partial charge in [-0.15, -0.1) is 0 Å². The molecule has 1 N–H and O–H groups in total. The first-order chi connectivity index (χ1) is 4.97. The maximum atomic E-state index is 4.40. The van der Waals surface area contributed by atoms with Crippen molar-refractivity contribution in [2.75, 3.05) is 19.6 Å². The van der Waals surface area contributed by atoms with Gasteiger partial charge in [-0.2, -0.15) is 0 Å². The zero-order chi connectivity index (χ0) is 6.81. The molecule has 2 rings (SSSR count). The first-order valence-electron chi connectivity index (χ1n) is 3.74. The molecule has 0 aromatic carbocycles. The van der Waals surface area contributed by atoms with E-state index >= 15 is 0 Å². The predicted octanol–water partition coefficient (Wildman–Crippen LogP) is 0.408. The second kappa shape index (κ2) is 2.46. The molecule has 0 atom stereocenters. The van der Waals surface area contributed by atoms with Gasteiger partial charge in [0.1, 0.15) is 0 Å². The van der Waals surface area contributed by atoms with Gasteiger partial charge < -0.3 is 5.32 Å². The van der Waals surface area contributed by atoms with Crippen molar-refractivity contribution >= 4 is 0 Å². The van der Waals surface area contributed by atoms with E-state index < -0.39 is 0 Å². The molecule has 2 heteroatoms. The van der Waals surface area contributed by atoms with Crippen LogP contribution in [0, 0.1) is 0 Å². The molecule has 0 amide bonds. The van der Waals surface area contributed by atoms with Crippen LogP contribution in [-0.2, 0) is 0 Å². The number of hydrogen-bond donors (Lipinski definition) is 1. The van der Waals surface area contributed by atoms with E-state index in [2.05, 4.69) is 22.8 Å². The summed E-state index contributed by atoms with van der Waals surface area (Å²) in [6, 6.07) is 0. The summed E-state index contributed by atoms with van der Waals surface area (Å²) >= 11 is 0. The molecule has 0 fully saturated rings. The van der Waals surface area contributed by atoms with Crippen molar-refractivity contribution in [3.63, 3.8) is 0 Å². The van der Waals surface area contributed by atoms with Crippen molar-refractivity contribution in [3.8, 4) is 0 Å².